The molecule has 0 radical (unpaired) electrons. The van der Waals surface area contributed by atoms with Crippen LogP contribution in [0, 0.1) is 5.82 Å². The number of nitrogens with zero attached hydrogens (tertiary/aromatic N) is 6. The van der Waals surface area contributed by atoms with E-state index in [1.807, 2.05) is 57.7 Å². The fourth-order valence-electron chi connectivity index (χ4n) is 8.19. The highest BCUT2D eigenvalue weighted by molar-refractivity contribution is 6.31. The fraction of sp³-hybridized carbons (Fsp3) is 0.600. The Balaban J connectivity index is 1.28. The smallest absolute Gasteiger partial charge is 0.410 e. The molecule has 0 N–H and O–H groups in total. The number of ether oxygens (including phenoxy) is 2. The second-order valence-electron chi connectivity index (χ2n) is 14.8. The summed E-state index contributed by atoms with van der Waals surface area (Å²) in [4.78, 5) is 34.0. The summed E-state index contributed by atoms with van der Waals surface area (Å²) in [5.74, 6) is 0.130. The molecule has 0 aliphatic carbocycles. The molecule has 7 rings (SSSR count). The Labute approximate surface area is 275 Å². The summed E-state index contributed by atoms with van der Waals surface area (Å²) in [6.07, 6.45) is 7.60. The summed E-state index contributed by atoms with van der Waals surface area (Å²) in [7, 11) is 0. The Hall–Kier alpha value is -3.24. The Morgan fingerprint density at radius 2 is 1.80 bits per heavy atom. The van der Waals surface area contributed by atoms with Crippen molar-refractivity contribution in [3.8, 4) is 17.3 Å². The molecule has 46 heavy (non-hydrogen) atoms. The molecule has 9 nitrogen and oxygen atoms in total. The van der Waals surface area contributed by atoms with Gasteiger partial charge < -0.3 is 14.4 Å². The average molecular weight is 651 g/mol. The van der Waals surface area contributed by atoms with E-state index in [-0.39, 0.29) is 46.9 Å². The maximum Gasteiger partial charge on any atom is 0.410 e. The molecule has 1 amide bonds. The number of halogens is 2. The number of carbonyl (C=O) groups excluding carboxylic acids is 1. The van der Waals surface area contributed by atoms with Gasteiger partial charge in [0.05, 0.1) is 23.0 Å². The number of fused-ring (bicyclic) bond motifs is 4. The highest BCUT2D eigenvalue weighted by Crippen LogP contribution is 2.42. The van der Waals surface area contributed by atoms with Crippen molar-refractivity contribution in [2.45, 2.75) is 102 Å². The first-order chi connectivity index (χ1) is 21.9. The van der Waals surface area contributed by atoms with Crippen LogP contribution in [0.25, 0.3) is 22.2 Å². The minimum absolute atomic E-state index is 0.00840. The normalized spacial score (nSPS) is 22.6. The summed E-state index contributed by atoms with van der Waals surface area (Å²) in [5, 5.41) is 1.10. The maximum absolute atomic E-state index is 16.8. The molecule has 0 saturated carbocycles. The van der Waals surface area contributed by atoms with Crippen LogP contribution in [0.5, 0.6) is 6.01 Å². The van der Waals surface area contributed by atoms with E-state index in [1.54, 1.807) is 6.20 Å². The first-order valence-electron chi connectivity index (χ1n) is 16.7. The lowest BCUT2D eigenvalue weighted by molar-refractivity contribution is 0.0122. The minimum atomic E-state index is -0.574. The lowest BCUT2D eigenvalue weighted by Crippen LogP contribution is -2.57. The van der Waals surface area contributed by atoms with E-state index in [0.717, 1.165) is 57.2 Å². The molecule has 1 aromatic carbocycles. The number of anilines is 1. The van der Waals surface area contributed by atoms with Crippen LogP contribution in [-0.2, 0) is 4.74 Å². The number of piperazine rings is 1. The predicted octanol–water partition coefficient (Wildman–Crippen LogP) is 7.20. The van der Waals surface area contributed by atoms with Crippen molar-refractivity contribution in [2.24, 2.45) is 0 Å². The molecule has 0 spiro atoms. The molecule has 4 aliphatic heterocycles. The Kier molecular flexibility index (Phi) is 8.03. The lowest BCUT2D eigenvalue weighted by Gasteiger charge is -2.42. The monoisotopic (exact) mass is 650 g/mol. The number of benzene rings is 1. The molecule has 2 unspecified atom stereocenters. The van der Waals surface area contributed by atoms with Crippen molar-refractivity contribution >= 4 is 34.4 Å². The van der Waals surface area contributed by atoms with Gasteiger partial charge in [0, 0.05) is 29.9 Å². The zero-order valence-corrected chi connectivity index (χ0v) is 28.2. The van der Waals surface area contributed by atoms with Crippen molar-refractivity contribution < 1.29 is 18.7 Å². The van der Waals surface area contributed by atoms with Crippen LogP contribution in [0.15, 0.2) is 24.4 Å². The van der Waals surface area contributed by atoms with Crippen LogP contribution in [0.3, 0.4) is 0 Å². The number of aromatic nitrogens is 3. The predicted molar refractivity (Wildman–Crippen MR) is 177 cm³/mol. The number of amides is 1. The topological polar surface area (TPSA) is 83.9 Å². The molecule has 246 valence electrons. The highest BCUT2D eigenvalue weighted by Gasteiger charge is 2.46. The van der Waals surface area contributed by atoms with Crippen molar-refractivity contribution in [1.29, 1.82) is 0 Å². The Morgan fingerprint density at radius 3 is 2.46 bits per heavy atom. The summed E-state index contributed by atoms with van der Waals surface area (Å²) in [6.45, 7) is 13.5. The van der Waals surface area contributed by atoms with Crippen molar-refractivity contribution in [1.82, 2.24) is 24.8 Å². The van der Waals surface area contributed by atoms with E-state index in [4.69, 9.17) is 31.0 Å². The number of carbonyl (C=O) groups is 1. The summed E-state index contributed by atoms with van der Waals surface area (Å²) < 4.78 is 28.9. The van der Waals surface area contributed by atoms with Crippen LogP contribution in [0.2, 0.25) is 5.02 Å². The molecular weight excluding hydrogens is 607 g/mol. The number of rotatable bonds is 6. The van der Waals surface area contributed by atoms with Crippen LogP contribution >= 0.6 is 11.6 Å². The van der Waals surface area contributed by atoms with Crippen LogP contribution < -0.4 is 9.64 Å². The van der Waals surface area contributed by atoms with Gasteiger partial charge in [-0.1, -0.05) is 37.6 Å². The Bertz CT molecular complexity index is 1640. The molecule has 11 heteroatoms. The molecular formula is C35H44ClFN6O3. The number of hydrogen-bond acceptors (Lipinski definition) is 8. The third-order valence-electron chi connectivity index (χ3n) is 10.2. The summed E-state index contributed by atoms with van der Waals surface area (Å²) >= 11 is 6.60. The van der Waals surface area contributed by atoms with E-state index in [0.29, 0.717) is 41.5 Å². The van der Waals surface area contributed by atoms with Gasteiger partial charge in [-0.2, -0.15) is 9.97 Å². The van der Waals surface area contributed by atoms with Crippen molar-refractivity contribution in [2.75, 3.05) is 37.7 Å². The molecule has 2 atom stereocenters. The largest absolute Gasteiger partial charge is 0.461 e. The third-order valence-corrected chi connectivity index (χ3v) is 10.5. The second-order valence-corrected chi connectivity index (χ2v) is 15.2. The second kappa shape index (κ2) is 11.8. The van der Waals surface area contributed by atoms with Gasteiger partial charge in [0.1, 0.15) is 29.2 Å². The van der Waals surface area contributed by atoms with Crippen LogP contribution in [-0.4, -0.2) is 86.9 Å². The fourth-order valence-corrected chi connectivity index (χ4v) is 8.59. The molecule has 4 saturated heterocycles. The summed E-state index contributed by atoms with van der Waals surface area (Å²) in [6, 6.07) is 5.60. The number of pyridine rings is 1. The minimum Gasteiger partial charge on any atom is -0.461 e. The summed E-state index contributed by atoms with van der Waals surface area (Å²) in [5.41, 5.74) is 1.30. The first kappa shape index (κ1) is 31.4. The van der Waals surface area contributed by atoms with Gasteiger partial charge in [0.25, 0.3) is 0 Å². The van der Waals surface area contributed by atoms with E-state index in [1.165, 1.54) is 0 Å². The SMILES string of the molecule is CC(C)c1c(Cl)cccc1-c1ncc2c(N3CC4CCC(C3)N4C(=O)OC(C)(C)C)nc(OCC34CCCN3CCC4)nc2c1F. The lowest BCUT2D eigenvalue weighted by atomic mass is 9.94. The molecule has 4 fully saturated rings. The van der Waals surface area contributed by atoms with Crippen molar-refractivity contribution in [3.05, 3.63) is 40.8 Å². The molecule has 2 bridgehead atoms. The number of hydrogen-bond donors (Lipinski definition) is 0. The van der Waals surface area contributed by atoms with Gasteiger partial charge in [0.2, 0.25) is 0 Å². The van der Waals surface area contributed by atoms with Gasteiger partial charge >= 0.3 is 12.1 Å². The Morgan fingerprint density at radius 1 is 1.11 bits per heavy atom. The van der Waals surface area contributed by atoms with E-state index < -0.39 is 11.4 Å². The van der Waals surface area contributed by atoms with E-state index >= 15 is 4.39 Å². The van der Waals surface area contributed by atoms with Crippen molar-refractivity contribution in [3.63, 3.8) is 0 Å². The molecule has 4 aliphatic rings. The quantitative estimate of drug-likeness (QED) is 0.277. The molecule has 3 aromatic rings. The van der Waals surface area contributed by atoms with Gasteiger partial charge in [-0.3, -0.25) is 14.8 Å². The third kappa shape index (κ3) is 5.55. The zero-order valence-electron chi connectivity index (χ0n) is 27.5. The molecule has 6 heterocycles. The average Bonchev–Trinajstić information content (AvgIpc) is 3.65. The van der Waals surface area contributed by atoms with E-state index in [9.17, 15) is 4.79 Å². The van der Waals surface area contributed by atoms with Gasteiger partial charge in [-0.15, -0.1) is 0 Å². The van der Waals surface area contributed by atoms with Crippen LogP contribution in [0.4, 0.5) is 15.0 Å². The standard InChI is InChI=1S/C35H44ClFN6O3/c1-21(2)27-24(9-6-10-26(27)36)29-28(37)30-25(17-38-29)31(40-32(39-30)45-20-35-13-7-15-42(35)16-8-14-35)41-18-22-11-12-23(19-41)43(22)33(44)46-34(3,4)5/h6,9-10,17,21-23H,7-8,11-16,18-20H2,1-5H3. The maximum atomic E-state index is 16.8. The molecule has 2 aromatic heterocycles. The first-order valence-corrected chi connectivity index (χ1v) is 17.1. The van der Waals surface area contributed by atoms with Crippen LogP contribution in [0.1, 0.15) is 84.6 Å². The highest BCUT2D eigenvalue weighted by atomic mass is 35.5. The van der Waals surface area contributed by atoms with Gasteiger partial charge in [-0.25, -0.2) is 9.18 Å². The zero-order chi connectivity index (χ0) is 32.4. The van der Waals surface area contributed by atoms with Gasteiger partial charge in [0.15, 0.2) is 5.82 Å². The van der Waals surface area contributed by atoms with Gasteiger partial charge in [-0.05, 0) is 89.9 Å². The van der Waals surface area contributed by atoms with E-state index in [2.05, 4.69) is 14.8 Å².